The van der Waals surface area contributed by atoms with Gasteiger partial charge in [0, 0.05) is 42.7 Å². The molecule has 2 unspecified atom stereocenters. The van der Waals surface area contributed by atoms with Gasteiger partial charge >= 0.3 is 0 Å². The summed E-state index contributed by atoms with van der Waals surface area (Å²) in [5, 5.41) is 8.89. The van der Waals surface area contributed by atoms with E-state index in [9.17, 15) is 14.4 Å². The number of fused-ring (bicyclic) bond motifs is 2. The Morgan fingerprint density at radius 2 is 1.79 bits per heavy atom. The lowest BCUT2D eigenvalue weighted by Crippen LogP contribution is -2.52. The van der Waals surface area contributed by atoms with Gasteiger partial charge in [-0.05, 0) is 24.0 Å². The Kier molecular flexibility index (Phi) is 9.88. The quantitative estimate of drug-likeness (QED) is 0.263. The SMILES string of the molecule is NCCN(CCN)C(=O)C[C@H](N)C(=O)N[C@@H](CC1=CSC2C=CC=CC12)C(=O)Nc1cnc2ccccc2c1. The molecular weight excluding hydrogens is 514 g/mol. The molecule has 1 aliphatic heterocycles. The summed E-state index contributed by atoms with van der Waals surface area (Å²) in [5.74, 6) is -1.14. The van der Waals surface area contributed by atoms with Crippen LogP contribution in [0, 0.1) is 5.92 Å². The molecule has 1 aliphatic carbocycles. The van der Waals surface area contributed by atoms with Gasteiger partial charge in [-0.25, -0.2) is 0 Å². The molecule has 2 aromatic rings. The highest BCUT2D eigenvalue weighted by atomic mass is 32.2. The van der Waals surface area contributed by atoms with Crippen LogP contribution in [0.5, 0.6) is 0 Å². The Labute approximate surface area is 232 Å². The maximum atomic E-state index is 13.5. The monoisotopic (exact) mass is 549 g/mol. The minimum absolute atomic E-state index is 0.144. The van der Waals surface area contributed by atoms with E-state index >= 15 is 0 Å². The number of aromatic nitrogens is 1. The Morgan fingerprint density at radius 1 is 1.05 bits per heavy atom. The molecule has 0 spiro atoms. The van der Waals surface area contributed by atoms with Crippen LogP contribution in [0.3, 0.4) is 0 Å². The van der Waals surface area contributed by atoms with Crippen molar-refractivity contribution in [3.8, 4) is 0 Å². The van der Waals surface area contributed by atoms with Gasteiger partial charge in [-0.3, -0.25) is 19.4 Å². The van der Waals surface area contributed by atoms with Crippen LogP contribution >= 0.6 is 11.8 Å². The fourth-order valence-corrected chi connectivity index (χ4v) is 5.86. The summed E-state index contributed by atoms with van der Waals surface area (Å²) in [6, 6.07) is 7.40. The fourth-order valence-electron chi connectivity index (χ4n) is 4.66. The molecule has 8 N–H and O–H groups in total. The van der Waals surface area contributed by atoms with Gasteiger partial charge in [0.1, 0.15) is 6.04 Å². The van der Waals surface area contributed by atoms with Crippen LogP contribution in [0.4, 0.5) is 5.69 Å². The second-order valence-electron chi connectivity index (χ2n) is 9.53. The lowest BCUT2D eigenvalue weighted by atomic mass is 9.89. The summed E-state index contributed by atoms with van der Waals surface area (Å²) in [6.07, 6.45) is 9.91. The highest BCUT2D eigenvalue weighted by molar-refractivity contribution is 8.03. The van der Waals surface area contributed by atoms with Crippen LogP contribution < -0.4 is 27.8 Å². The molecule has 4 rings (SSSR count). The number of carbonyl (C=O) groups is 3. The number of thioether (sulfide) groups is 1. The van der Waals surface area contributed by atoms with Gasteiger partial charge in [-0.15, -0.1) is 11.8 Å². The third-order valence-electron chi connectivity index (χ3n) is 6.70. The average Bonchev–Trinajstić information content (AvgIpc) is 3.35. The van der Waals surface area contributed by atoms with Crippen LogP contribution in [0.1, 0.15) is 12.8 Å². The maximum Gasteiger partial charge on any atom is 0.247 e. The number of rotatable bonds is 12. The van der Waals surface area contributed by atoms with Crippen LogP contribution in [-0.2, 0) is 14.4 Å². The third kappa shape index (κ3) is 7.33. The summed E-state index contributed by atoms with van der Waals surface area (Å²) < 4.78 is 0. The average molecular weight is 550 g/mol. The lowest BCUT2D eigenvalue weighted by molar-refractivity contribution is -0.134. The standard InChI is InChI=1S/C28H35N7O3S/c29-9-11-35(12-10-30)26(36)15-22(31)27(37)34-24(14-19-17-39-25-8-4-2-6-21(19)25)28(38)33-20-13-18-5-1-3-7-23(18)32-16-20/h1-8,13,16-17,21-22,24-25H,9-12,14-15,29-31H2,(H,33,38)(H,34,37)/t21?,22-,24-,25?/m0/s1. The number of hydrogen-bond acceptors (Lipinski definition) is 8. The molecule has 10 nitrogen and oxygen atoms in total. The first-order valence-electron chi connectivity index (χ1n) is 13.0. The minimum atomic E-state index is -1.13. The maximum absolute atomic E-state index is 13.5. The molecule has 0 saturated carbocycles. The van der Waals surface area contributed by atoms with Crippen LogP contribution in [0.2, 0.25) is 0 Å². The van der Waals surface area contributed by atoms with E-state index < -0.39 is 23.9 Å². The van der Waals surface area contributed by atoms with Crippen molar-refractivity contribution in [1.29, 1.82) is 0 Å². The van der Waals surface area contributed by atoms with Crippen molar-refractivity contribution in [2.45, 2.75) is 30.2 Å². The zero-order chi connectivity index (χ0) is 27.8. The Bertz CT molecular complexity index is 1290. The zero-order valence-electron chi connectivity index (χ0n) is 21.7. The number of carbonyl (C=O) groups excluding carboxylic acids is 3. The first-order valence-corrected chi connectivity index (χ1v) is 13.9. The number of anilines is 1. The second-order valence-corrected chi connectivity index (χ2v) is 10.6. The predicted molar refractivity (Wildman–Crippen MR) is 155 cm³/mol. The van der Waals surface area contributed by atoms with Gasteiger partial charge in [0.15, 0.2) is 0 Å². The molecule has 0 bridgehead atoms. The topological polar surface area (TPSA) is 169 Å². The number of pyridine rings is 1. The van der Waals surface area contributed by atoms with Crippen molar-refractivity contribution < 1.29 is 14.4 Å². The molecule has 0 saturated heterocycles. The predicted octanol–water partition coefficient (Wildman–Crippen LogP) is 1.25. The molecule has 0 fully saturated rings. The first kappa shape index (κ1) is 28.5. The van der Waals surface area contributed by atoms with E-state index in [0.717, 1.165) is 16.5 Å². The number of nitrogens with two attached hydrogens (primary N) is 3. The number of nitrogens with zero attached hydrogens (tertiary/aromatic N) is 2. The van der Waals surface area contributed by atoms with Crippen molar-refractivity contribution in [3.63, 3.8) is 0 Å². The Balaban J connectivity index is 1.48. The van der Waals surface area contributed by atoms with E-state index in [4.69, 9.17) is 17.2 Å². The van der Waals surface area contributed by atoms with E-state index in [1.54, 1.807) is 18.0 Å². The zero-order valence-corrected chi connectivity index (χ0v) is 22.5. The number of benzene rings is 1. The molecule has 0 radical (unpaired) electrons. The highest BCUT2D eigenvalue weighted by Crippen LogP contribution is 2.41. The summed E-state index contributed by atoms with van der Waals surface area (Å²) in [7, 11) is 0. The number of nitrogens with one attached hydrogen (secondary N) is 2. The summed E-state index contributed by atoms with van der Waals surface area (Å²) in [4.78, 5) is 45.2. The second kappa shape index (κ2) is 13.5. The molecule has 1 aromatic carbocycles. The van der Waals surface area contributed by atoms with Crippen LogP contribution in [-0.4, -0.2) is 71.1 Å². The molecule has 206 valence electrons. The van der Waals surface area contributed by atoms with Crippen molar-refractivity contribution in [3.05, 3.63) is 71.8 Å². The van der Waals surface area contributed by atoms with Crippen molar-refractivity contribution in [1.82, 2.24) is 15.2 Å². The molecular formula is C28H35N7O3S. The fraction of sp³-hybridized carbons (Fsp3) is 0.357. The molecule has 39 heavy (non-hydrogen) atoms. The highest BCUT2D eigenvalue weighted by Gasteiger charge is 2.33. The Morgan fingerprint density at radius 3 is 2.56 bits per heavy atom. The van der Waals surface area contributed by atoms with Gasteiger partial charge in [-0.2, -0.15) is 0 Å². The van der Waals surface area contributed by atoms with Gasteiger partial charge in [0.2, 0.25) is 17.7 Å². The van der Waals surface area contributed by atoms with Gasteiger partial charge in [0.05, 0.1) is 29.9 Å². The molecule has 11 heteroatoms. The van der Waals surface area contributed by atoms with E-state index in [0.29, 0.717) is 25.2 Å². The first-order chi connectivity index (χ1) is 18.9. The van der Waals surface area contributed by atoms with E-state index in [-0.39, 0.29) is 36.6 Å². The number of allylic oxidation sites excluding steroid dienone is 3. The van der Waals surface area contributed by atoms with Crippen molar-refractivity contribution in [2.24, 2.45) is 23.1 Å². The van der Waals surface area contributed by atoms with Crippen molar-refractivity contribution in [2.75, 3.05) is 31.5 Å². The van der Waals surface area contributed by atoms with E-state index in [1.807, 2.05) is 42.5 Å². The van der Waals surface area contributed by atoms with Crippen molar-refractivity contribution >= 4 is 46.1 Å². The van der Waals surface area contributed by atoms with Gasteiger partial charge in [-0.1, -0.05) is 48.1 Å². The number of para-hydroxylation sites is 1. The molecule has 4 atom stereocenters. The smallest absolute Gasteiger partial charge is 0.247 e. The van der Waals surface area contributed by atoms with Crippen LogP contribution in [0.25, 0.3) is 10.9 Å². The van der Waals surface area contributed by atoms with Gasteiger partial charge in [0.25, 0.3) is 0 Å². The number of amides is 3. The molecule has 2 aliphatic rings. The molecule has 3 amide bonds. The van der Waals surface area contributed by atoms with Gasteiger partial charge < -0.3 is 32.7 Å². The molecule has 1 aromatic heterocycles. The van der Waals surface area contributed by atoms with E-state index in [1.165, 1.54) is 4.90 Å². The van der Waals surface area contributed by atoms with Crippen LogP contribution in [0.15, 0.2) is 71.8 Å². The summed E-state index contributed by atoms with van der Waals surface area (Å²) in [5.41, 5.74) is 19.7. The summed E-state index contributed by atoms with van der Waals surface area (Å²) >= 11 is 1.69. The normalized spacial score (nSPS) is 19.2. The lowest BCUT2D eigenvalue weighted by Gasteiger charge is -2.25. The van der Waals surface area contributed by atoms with E-state index in [2.05, 4.69) is 33.2 Å². The molecule has 2 heterocycles. The largest absolute Gasteiger partial charge is 0.343 e. The number of hydrogen-bond donors (Lipinski definition) is 5. The third-order valence-corrected chi connectivity index (χ3v) is 7.91. The minimum Gasteiger partial charge on any atom is -0.343 e. The Hall–Kier alpha value is -3.51. The summed E-state index contributed by atoms with van der Waals surface area (Å²) in [6.45, 7) is 1.20.